The summed E-state index contributed by atoms with van der Waals surface area (Å²) < 4.78 is 88.1. The number of carbonyl (C=O) groups is 1. The molecule has 206 valence electrons. The minimum atomic E-state index is -4.72. The highest BCUT2D eigenvalue weighted by Crippen LogP contribution is 2.44. The molecule has 3 aromatic carbocycles. The Labute approximate surface area is 229 Å². The third kappa shape index (κ3) is 6.36. The fraction of sp³-hybridized carbons (Fsp3) is 0.276. The van der Waals surface area contributed by atoms with E-state index in [0.29, 0.717) is 17.2 Å². The second-order valence-electron chi connectivity index (χ2n) is 9.50. The molecule has 1 heterocycles. The van der Waals surface area contributed by atoms with Crippen molar-refractivity contribution in [2.45, 2.75) is 55.5 Å². The van der Waals surface area contributed by atoms with Gasteiger partial charge >= 0.3 is 6.18 Å². The maximum atomic E-state index is 14.4. The highest BCUT2D eigenvalue weighted by molar-refractivity contribution is 7.91. The molecule has 2 atom stereocenters. The van der Waals surface area contributed by atoms with Crippen LogP contribution in [0.15, 0.2) is 65.6 Å². The van der Waals surface area contributed by atoms with Crippen LogP contribution in [0.2, 0.25) is 5.02 Å². The lowest BCUT2D eigenvalue weighted by Crippen LogP contribution is -2.30. The number of benzene rings is 3. The summed E-state index contributed by atoms with van der Waals surface area (Å²) in [4.78, 5) is 11.1. The van der Waals surface area contributed by atoms with Crippen molar-refractivity contribution in [3.8, 4) is 5.75 Å². The first-order chi connectivity index (χ1) is 18.3. The van der Waals surface area contributed by atoms with Gasteiger partial charge in [0.1, 0.15) is 23.5 Å². The number of ketones is 1. The maximum Gasteiger partial charge on any atom is 0.416 e. The van der Waals surface area contributed by atoms with Crippen molar-refractivity contribution in [2.75, 3.05) is 0 Å². The van der Waals surface area contributed by atoms with Crippen LogP contribution in [-0.4, -0.2) is 20.3 Å². The van der Waals surface area contributed by atoms with Crippen LogP contribution in [0.4, 0.5) is 17.6 Å². The number of hydrogen-bond acceptors (Lipinski definition) is 4. The quantitative estimate of drug-likeness (QED) is 0.209. The normalized spacial score (nSPS) is 17.9. The maximum absolute atomic E-state index is 14.4. The van der Waals surface area contributed by atoms with Crippen LogP contribution in [0.1, 0.15) is 60.6 Å². The fourth-order valence-corrected chi connectivity index (χ4v) is 6.84. The summed E-state index contributed by atoms with van der Waals surface area (Å²) in [7, 11) is -4.31. The molecule has 0 saturated heterocycles. The number of carbonyl (C=O) groups excluding carboxylic acids is 1. The first kappa shape index (κ1) is 28.8. The summed E-state index contributed by atoms with van der Waals surface area (Å²) in [6, 6.07) is 12.8. The monoisotopic (exact) mass is 580 g/mol. The van der Waals surface area contributed by atoms with Crippen LogP contribution in [-0.2, 0) is 20.8 Å². The molecule has 0 radical (unpaired) electrons. The second-order valence-corrected chi connectivity index (χ2v) is 12.0. The summed E-state index contributed by atoms with van der Waals surface area (Å²) in [6.45, 7) is 3.07. The standard InChI is InChI=1S/C29H25ClF4O4S/c1-17(28-24(30)7-4-8-25(28)31)13-19-10-12-26-23(14-19)27(16-21(38-26)11-9-18(2)35)39(36,37)22-6-3-5-20(15-22)29(32,33)34/h3-8,10,12-15,21,27H,9,11,16H2,1-2H3/b17-13+. The molecule has 39 heavy (non-hydrogen) atoms. The van der Waals surface area contributed by atoms with Crippen molar-refractivity contribution in [2.24, 2.45) is 0 Å². The zero-order valence-electron chi connectivity index (χ0n) is 21.1. The molecular formula is C29H25ClF4O4S. The molecule has 1 aliphatic rings. The van der Waals surface area contributed by atoms with Crippen LogP contribution in [0.5, 0.6) is 5.75 Å². The highest BCUT2D eigenvalue weighted by Gasteiger charge is 2.39. The molecule has 4 nitrogen and oxygen atoms in total. The van der Waals surface area contributed by atoms with Gasteiger partial charge in [0.15, 0.2) is 9.84 Å². The van der Waals surface area contributed by atoms with Crippen molar-refractivity contribution >= 4 is 38.9 Å². The molecule has 2 unspecified atom stereocenters. The lowest BCUT2D eigenvalue weighted by atomic mass is 9.95. The Bertz CT molecular complexity index is 1530. The van der Waals surface area contributed by atoms with Gasteiger partial charge in [-0.1, -0.05) is 35.9 Å². The van der Waals surface area contributed by atoms with Crippen LogP contribution >= 0.6 is 11.6 Å². The van der Waals surface area contributed by atoms with Crippen LogP contribution in [0.3, 0.4) is 0 Å². The van der Waals surface area contributed by atoms with Gasteiger partial charge in [0.2, 0.25) is 0 Å². The number of Topliss-reactive ketones (excluding diaryl/α,β-unsaturated/α-hetero) is 1. The largest absolute Gasteiger partial charge is 0.490 e. The predicted octanol–water partition coefficient (Wildman–Crippen LogP) is 8.09. The molecule has 0 saturated carbocycles. The summed E-state index contributed by atoms with van der Waals surface area (Å²) in [6.07, 6.45) is -3.33. The van der Waals surface area contributed by atoms with E-state index in [4.69, 9.17) is 16.3 Å². The fourth-order valence-electron chi connectivity index (χ4n) is 4.65. The van der Waals surface area contributed by atoms with Crippen LogP contribution in [0, 0.1) is 5.82 Å². The van der Waals surface area contributed by atoms with Gasteiger partial charge in [-0.2, -0.15) is 13.2 Å². The molecule has 0 bridgehead atoms. The van der Waals surface area contributed by atoms with Crippen molar-refractivity contribution in [3.63, 3.8) is 0 Å². The van der Waals surface area contributed by atoms with Crippen LogP contribution in [0.25, 0.3) is 11.6 Å². The molecule has 0 N–H and O–H groups in total. The lowest BCUT2D eigenvalue weighted by molar-refractivity contribution is -0.137. The molecule has 0 fully saturated rings. The molecular weight excluding hydrogens is 556 g/mol. The number of allylic oxidation sites excluding steroid dienone is 1. The first-order valence-corrected chi connectivity index (χ1v) is 14.0. The summed E-state index contributed by atoms with van der Waals surface area (Å²) in [5.41, 5.74) is 0.420. The average Bonchev–Trinajstić information content (AvgIpc) is 2.86. The molecule has 10 heteroatoms. The molecule has 0 aromatic heterocycles. The molecule has 0 spiro atoms. The van der Waals surface area contributed by atoms with Gasteiger partial charge in [-0.3, -0.25) is 0 Å². The Kier molecular flexibility index (Phi) is 8.23. The van der Waals surface area contributed by atoms with E-state index < -0.39 is 43.6 Å². The Balaban J connectivity index is 1.80. The number of halogens is 5. The topological polar surface area (TPSA) is 60.4 Å². The van der Waals surface area contributed by atoms with Gasteiger partial charge < -0.3 is 9.53 Å². The number of ether oxygens (including phenoxy) is 1. The zero-order valence-corrected chi connectivity index (χ0v) is 22.6. The highest BCUT2D eigenvalue weighted by atomic mass is 35.5. The van der Waals surface area contributed by atoms with Gasteiger partial charge in [0.25, 0.3) is 0 Å². The molecule has 4 rings (SSSR count). The van der Waals surface area contributed by atoms with Gasteiger partial charge in [-0.25, -0.2) is 12.8 Å². The second kappa shape index (κ2) is 11.1. The van der Waals surface area contributed by atoms with Gasteiger partial charge in [0, 0.05) is 24.0 Å². The van der Waals surface area contributed by atoms with Crippen molar-refractivity contribution in [1.82, 2.24) is 0 Å². The summed E-state index contributed by atoms with van der Waals surface area (Å²) >= 11 is 6.19. The number of hydrogen-bond donors (Lipinski definition) is 0. The number of rotatable bonds is 7. The van der Waals surface area contributed by atoms with Gasteiger partial charge in [-0.05, 0) is 73.9 Å². The van der Waals surface area contributed by atoms with E-state index in [1.165, 1.54) is 19.1 Å². The van der Waals surface area contributed by atoms with E-state index >= 15 is 0 Å². The Morgan fingerprint density at radius 1 is 1.08 bits per heavy atom. The minimum Gasteiger partial charge on any atom is -0.490 e. The van der Waals surface area contributed by atoms with E-state index in [9.17, 15) is 30.8 Å². The molecule has 1 aliphatic heterocycles. The smallest absolute Gasteiger partial charge is 0.416 e. The SMILES string of the molecule is CC(=O)CCC1CC(S(=O)(=O)c2cccc(C(F)(F)F)c2)c2cc(/C=C(\C)c3c(F)cccc3Cl)ccc2O1. The van der Waals surface area contributed by atoms with Crippen molar-refractivity contribution < 1.29 is 35.5 Å². The molecule has 3 aromatic rings. The minimum absolute atomic E-state index is 0.0514. The third-order valence-corrected chi connectivity index (χ3v) is 9.00. The lowest BCUT2D eigenvalue weighted by Gasteiger charge is -2.32. The Morgan fingerprint density at radius 3 is 2.46 bits per heavy atom. The predicted molar refractivity (Wildman–Crippen MR) is 142 cm³/mol. The number of sulfone groups is 1. The Morgan fingerprint density at radius 2 is 1.79 bits per heavy atom. The van der Waals surface area contributed by atoms with Crippen LogP contribution < -0.4 is 4.74 Å². The van der Waals surface area contributed by atoms with Gasteiger partial charge in [0.05, 0.1) is 20.7 Å². The Hall–Kier alpha value is -3.17. The van der Waals surface area contributed by atoms with E-state index in [2.05, 4.69) is 0 Å². The molecule has 0 aliphatic carbocycles. The third-order valence-electron chi connectivity index (χ3n) is 6.57. The zero-order chi connectivity index (χ0) is 28.5. The summed E-state index contributed by atoms with van der Waals surface area (Å²) in [5.74, 6) is -0.352. The van der Waals surface area contributed by atoms with E-state index in [1.807, 2.05) is 0 Å². The van der Waals surface area contributed by atoms with E-state index in [-0.39, 0.29) is 46.9 Å². The van der Waals surface area contributed by atoms with Gasteiger partial charge in [-0.15, -0.1) is 0 Å². The van der Waals surface area contributed by atoms with E-state index in [1.54, 1.807) is 37.3 Å². The van der Waals surface area contributed by atoms with E-state index in [0.717, 1.165) is 18.2 Å². The van der Waals surface area contributed by atoms with Crippen molar-refractivity contribution in [3.05, 3.63) is 93.8 Å². The number of fused-ring (bicyclic) bond motifs is 1. The number of alkyl halides is 3. The molecule has 0 amide bonds. The van der Waals surface area contributed by atoms with Crippen molar-refractivity contribution in [1.29, 1.82) is 0 Å². The summed E-state index contributed by atoms with van der Waals surface area (Å²) in [5, 5.41) is -1.02. The first-order valence-electron chi connectivity index (χ1n) is 12.1. The average molecular weight is 581 g/mol.